The monoisotopic (exact) mass is 847 g/mol. The number of benzene rings is 2. The van der Waals surface area contributed by atoms with Crippen molar-refractivity contribution in [3.63, 3.8) is 0 Å². The summed E-state index contributed by atoms with van der Waals surface area (Å²) in [7, 11) is 0. The van der Waals surface area contributed by atoms with Crippen LogP contribution in [0.3, 0.4) is 0 Å². The molecule has 4 aliphatic rings. The Bertz CT molecular complexity index is 1980. The number of carbonyl (C=O) groups is 7. The summed E-state index contributed by atoms with van der Waals surface area (Å²) in [4.78, 5) is 101. The molecule has 2 aromatic rings. The van der Waals surface area contributed by atoms with Gasteiger partial charge in [0.1, 0.15) is 54.5 Å². The molecule has 4 fully saturated rings. The Morgan fingerprint density at radius 2 is 1.48 bits per heavy atom. The highest BCUT2D eigenvalue weighted by Gasteiger charge is 2.46. The second kappa shape index (κ2) is 18.2. The molecule has 60 heavy (non-hydrogen) atoms. The summed E-state index contributed by atoms with van der Waals surface area (Å²) in [6.07, 6.45) is -2.91. The van der Waals surface area contributed by atoms with Crippen LogP contribution in [0.5, 0.6) is 0 Å². The van der Waals surface area contributed by atoms with Crippen LogP contribution < -0.4 is 21.3 Å². The van der Waals surface area contributed by atoms with Gasteiger partial charge in [-0.25, -0.2) is 18.4 Å². The number of cyclic esters (lactones) is 1. The lowest BCUT2D eigenvalue weighted by molar-refractivity contribution is -0.158. The number of rotatable bonds is 6. The number of urea groups is 1. The van der Waals surface area contributed by atoms with Gasteiger partial charge in [0.05, 0.1) is 5.56 Å². The molecular weight excluding hydrogens is 801 g/mol. The molecule has 4 N–H and O–H groups in total. The van der Waals surface area contributed by atoms with Crippen molar-refractivity contribution >= 4 is 47.2 Å². The first-order valence-corrected chi connectivity index (χ1v) is 19.8. The minimum absolute atomic E-state index is 0.0551. The predicted molar refractivity (Wildman–Crippen MR) is 201 cm³/mol. The number of fused-ring (bicyclic) bond motifs is 3. The first-order chi connectivity index (χ1) is 28.4. The van der Waals surface area contributed by atoms with Crippen molar-refractivity contribution in [1.82, 2.24) is 30.7 Å². The number of hydrogen-bond acceptors (Lipinski definition) is 8. The Morgan fingerprint density at radius 1 is 0.833 bits per heavy atom. The number of hydrogen-bond donors (Lipinski definition) is 4. The maximum absolute atomic E-state index is 14.5. The maximum Gasteiger partial charge on any atom is 0.416 e. The number of halogens is 5. The van der Waals surface area contributed by atoms with Gasteiger partial charge in [-0.3, -0.25) is 24.0 Å². The van der Waals surface area contributed by atoms with E-state index < -0.39 is 114 Å². The molecule has 7 atom stereocenters. The maximum atomic E-state index is 14.5. The van der Waals surface area contributed by atoms with Crippen LogP contribution in [0.1, 0.15) is 63.5 Å². The fraction of sp³-hybridized carbons (Fsp3) is 0.525. The third kappa shape index (κ3) is 10.1. The number of nitrogens with zero attached hydrogens (tertiary/aromatic N) is 3. The van der Waals surface area contributed by atoms with Crippen molar-refractivity contribution < 1.29 is 60.3 Å². The van der Waals surface area contributed by atoms with E-state index >= 15 is 0 Å². The SMILES string of the molecule is C[C@H]1C[C@H]2C(=O)OC[C@H](NC(=O)[C@H](Cc3cc(F)cc(F)c3)NC(=O)Nc3ccc(C(F)(F)F)cc3)C(=O)N3CCC[C@H]3C(=O)N3CCCC[C@H]3C(=O)N[C@@H](C)C(=O)N2C1. The van der Waals surface area contributed by atoms with E-state index in [1.807, 2.05) is 6.92 Å². The smallest absolute Gasteiger partial charge is 0.416 e. The lowest BCUT2D eigenvalue weighted by Gasteiger charge is -2.39. The predicted octanol–water partition coefficient (Wildman–Crippen LogP) is 2.87. The van der Waals surface area contributed by atoms with E-state index in [0.29, 0.717) is 31.7 Å². The first kappa shape index (κ1) is 43.8. The van der Waals surface area contributed by atoms with Gasteiger partial charge in [0.25, 0.3) is 0 Å². The van der Waals surface area contributed by atoms with Crippen molar-refractivity contribution in [3.8, 4) is 0 Å². The molecular formula is C40H46F5N7O8. The largest absolute Gasteiger partial charge is 0.461 e. The van der Waals surface area contributed by atoms with Gasteiger partial charge in [0.2, 0.25) is 29.5 Å². The van der Waals surface area contributed by atoms with Crippen molar-refractivity contribution in [2.45, 2.75) is 101 Å². The molecule has 15 nitrogen and oxygen atoms in total. The van der Waals surface area contributed by atoms with Gasteiger partial charge in [-0.2, -0.15) is 13.2 Å². The zero-order valence-corrected chi connectivity index (χ0v) is 32.9. The van der Waals surface area contributed by atoms with E-state index in [1.165, 1.54) is 21.6 Å². The molecule has 0 unspecified atom stereocenters. The zero-order chi connectivity index (χ0) is 43.5. The molecule has 4 saturated heterocycles. The number of piperidine rings is 1. The molecule has 7 amide bonds. The Balaban J connectivity index is 1.30. The average Bonchev–Trinajstić information content (AvgIpc) is 3.84. The van der Waals surface area contributed by atoms with E-state index in [2.05, 4.69) is 21.3 Å². The third-order valence-corrected chi connectivity index (χ3v) is 11.2. The number of carbonyl (C=O) groups excluding carboxylic acids is 7. The Morgan fingerprint density at radius 3 is 2.17 bits per heavy atom. The molecule has 0 aliphatic carbocycles. The molecule has 0 bridgehead atoms. The summed E-state index contributed by atoms with van der Waals surface area (Å²) in [5, 5.41) is 9.83. The van der Waals surface area contributed by atoms with E-state index in [9.17, 15) is 55.5 Å². The van der Waals surface area contributed by atoms with Crippen LogP contribution in [-0.2, 0) is 46.1 Å². The number of alkyl halides is 3. The summed E-state index contributed by atoms with van der Waals surface area (Å²) >= 11 is 0. The normalized spacial score (nSPS) is 26.1. The highest BCUT2D eigenvalue weighted by Crippen LogP contribution is 2.30. The van der Waals surface area contributed by atoms with Crippen LogP contribution in [-0.4, -0.2) is 119 Å². The highest BCUT2D eigenvalue weighted by molar-refractivity contribution is 5.98. The van der Waals surface area contributed by atoms with E-state index in [1.54, 1.807) is 0 Å². The lowest BCUT2D eigenvalue weighted by atomic mass is 9.99. The fourth-order valence-corrected chi connectivity index (χ4v) is 8.23. The van der Waals surface area contributed by atoms with Gasteiger partial charge in [-0.05, 0) is 93.3 Å². The number of amides is 7. The van der Waals surface area contributed by atoms with Crippen LogP contribution in [0.25, 0.3) is 0 Å². The Hall–Kier alpha value is -5.82. The van der Waals surface area contributed by atoms with Gasteiger partial charge in [-0.15, -0.1) is 0 Å². The van der Waals surface area contributed by atoms with Crippen molar-refractivity contribution in [3.05, 3.63) is 65.2 Å². The topological polar surface area (TPSA) is 187 Å². The lowest BCUT2D eigenvalue weighted by Crippen LogP contribution is -2.62. The van der Waals surface area contributed by atoms with Crippen molar-refractivity contribution in [2.24, 2.45) is 5.92 Å². The second-order valence-electron chi connectivity index (χ2n) is 15.7. The summed E-state index contributed by atoms with van der Waals surface area (Å²) in [6, 6.07) is -2.90. The molecule has 0 spiro atoms. The van der Waals surface area contributed by atoms with Crippen LogP contribution in [0.15, 0.2) is 42.5 Å². The summed E-state index contributed by atoms with van der Waals surface area (Å²) in [6.45, 7) is 2.94. The molecule has 0 saturated carbocycles. The quantitative estimate of drug-likeness (QED) is 0.253. The summed E-state index contributed by atoms with van der Waals surface area (Å²) in [5.74, 6) is -6.63. The van der Waals surface area contributed by atoms with E-state index in [4.69, 9.17) is 4.74 Å². The van der Waals surface area contributed by atoms with Crippen molar-refractivity contribution in [1.29, 1.82) is 0 Å². The number of nitrogens with one attached hydrogen (secondary N) is 4. The van der Waals surface area contributed by atoms with E-state index in [0.717, 1.165) is 36.4 Å². The van der Waals surface area contributed by atoms with Gasteiger partial charge < -0.3 is 40.7 Å². The zero-order valence-electron chi connectivity index (χ0n) is 32.9. The minimum atomic E-state index is -4.65. The molecule has 20 heteroatoms. The summed E-state index contributed by atoms with van der Waals surface area (Å²) in [5.41, 5.74) is -1.19. The number of ether oxygens (including phenoxy) is 1. The molecule has 2 aromatic carbocycles. The molecule has 0 radical (unpaired) electrons. The molecule has 0 aromatic heterocycles. The van der Waals surface area contributed by atoms with Crippen LogP contribution in [0.4, 0.5) is 32.4 Å². The third-order valence-electron chi connectivity index (χ3n) is 11.2. The Labute approximate surface area is 341 Å². The first-order valence-electron chi connectivity index (χ1n) is 19.8. The Kier molecular flexibility index (Phi) is 13.3. The van der Waals surface area contributed by atoms with Crippen LogP contribution in [0.2, 0.25) is 0 Å². The minimum Gasteiger partial charge on any atom is -0.461 e. The van der Waals surface area contributed by atoms with Crippen LogP contribution >= 0.6 is 0 Å². The molecule has 324 valence electrons. The van der Waals surface area contributed by atoms with Gasteiger partial charge >= 0.3 is 18.2 Å². The van der Waals surface area contributed by atoms with Gasteiger partial charge in [0.15, 0.2) is 0 Å². The molecule has 6 rings (SSSR count). The fourth-order valence-electron chi connectivity index (χ4n) is 8.23. The van der Waals surface area contributed by atoms with Gasteiger partial charge in [-0.1, -0.05) is 6.92 Å². The van der Waals surface area contributed by atoms with E-state index in [-0.39, 0.29) is 49.6 Å². The standard InChI is InChI=1S/C40H46F5N7O8/c1-21-14-32-38(58)60-20-29(36(56)51-13-5-7-31(51)37(57)50-12-4-3-6-30(50)34(54)46-22(2)35(55)52(32)19-21)48-33(53)28(17-23-15-25(41)18-26(42)16-23)49-39(59)47-27-10-8-24(9-11-27)40(43,44)45/h8-11,15-16,18,21-22,28-32H,3-7,12-14,17,19-20H2,1-2H3,(H,46,54)(H,48,53)(H2,47,49,59)/t21-,22-,28-,29-,30-,31-,32-/m0/s1. The average molecular weight is 848 g/mol. The van der Waals surface area contributed by atoms with Crippen LogP contribution in [0, 0.1) is 17.6 Å². The highest BCUT2D eigenvalue weighted by atomic mass is 19.4. The van der Waals surface area contributed by atoms with Gasteiger partial charge in [0, 0.05) is 37.8 Å². The second-order valence-corrected chi connectivity index (χ2v) is 15.7. The number of esters is 1. The van der Waals surface area contributed by atoms with Crippen molar-refractivity contribution in [2.75, 3.05) is 31.6 Å². The molecule has 4 heterocycles. The number of anilines is 1. The summed E-state index contributed by atoms with van der Waals surface area (Å²) < 4.78 is 73.5. The molecule has 4 aliphatic heterocycles.